The maximum atomic E-state index is 11.1. The SMILES string of the molecule is Cc1nn(C(C)C)c(NCc2cn[nH]c2)c1[N+](=O)[O-]. The van der Waals surface area contributed by atoms with Crippen LogP contribution in [0.15, 0.2) is 12.4 Å². The van der Waals surface area contributed by atoms with Crippen LogP contribution in [0.2, 0.25) is 0 Å². The number of nitro groups is 1. The average Bonchev–Trinajstić information content (AvgIpc) is 2.92. The molecular formula is C11H16N6O2. The Hall–Kier alpha value is -2.38. The van der Waals surface area contributed by atoms with E-state index in [1.165, 1.54) is 0 Å². The number of nitrogens with zero attached hydrogens (tertiary/aromatic N) is 4. The molecule has 19 heavy (non-hydrogen) atoms. The van der Waals surface area contributed by atoms with Crippen molar-refractivity contribution in [1.29, 1.82) is 0 Å². The minimum atomic E-state index is -0.404. The number of hydrogen-bond acceptors (Lipinski definition) is 5. The zero-order chi connectivity index (χ0) is 14.0. The highest BCUT2D eigenvalue weighted by Crippen LogP contribution is 2.30. The van der Waals surface area contributed by atoms with Gasteiger partial charge in [0.1, 0.15) is 5.69 Å². The summed E-state index contributed by atoms with van der Waals surface area (Å²) in [6, 6.07) is 0.0410. The second-order valence-electron chi connectivity index (χ2n) is 4.54. The van der Waals surface area contributed by atoms with Crippen LogP contribution < -0.4 is 5.32 Å². The first-order valence-corrected chi connectivity index (χ1v) is 5.95. The van der Waals surface area contributed by atoms with Crippen molar-refractivity contribution in [3.05, 3.63) is 33.8 Å². The van der Waals surface area contributed by atoms with Gasteiger partial charge in [-0.1, -0.05) is 0 Å². The zero-order valence-electron chi connectivity index (χ0n) is 11.0. The third-order valence-corrected chi connectivity index (χ3v) is 2.74. The molecule has 0 saturated carbocycles. The molecule has 0 unspecified atom stereocenters. The Labute approximate surface area is 110 Å². The second kappa shape index (κ2) is 5.09. The van der Waals surface area contributed by atoms with Gasteiger partial charge in [0.2, 0.25) is 5.82 Å². The van der Waals surface area contributed by atoms with Crippen molar-refractivity contribution < 1.29 is 4.92 Å². The van der Waals surface area contributed by atoms with E-state index in [0.717, 1.165) is 5.56 Å². The molecule has 0 bridgehead atoms. The van der Waals surface area contributed by atoms with E-state index in [0.29, 0.717) is 18.1 Å². The van der Waals surface area contributed by atoms with Gasteiger partial charge < -0.3 is 5.32 Å². The first-order chi connectivity index (χ1) is 9.00. The molecule has 0 saturated heterocycles. The fourth-order valence-electron chi connectivity index (χ4n) is 1.86. The lowest BCUT2D eigenvalue weighted by Crippen LogP contribution is -2.10. The largest absolute Gasteiger partial charge is 0.360 e. The number of aromatic amines is 1. The first kappa shape index (κ1) is 13.1. The van der Waals surface area contributed by atoms with Gasteiger partial charge in [-0.05, 0) is 20.8 Å². The Kier molecular flexibility index (Phi) is 3.50. The Morgan fingerprint density at radius 2 is 2.32 bits per heavy atom. The molecule has 2 heterocycles. The van der Waals surface area contributed by atoms with Crippen LogP contribution in [0.5, 0.6) is 0 Å². The molecule has 8 heteroatoms. The minimum Gasteiger partial charge on any atom is -0.360 e. The van der Waals surface area contributed by atoms with Crippen molar-refractivity contribution in [2.45, 2.75) is 33.4 Å². The lowest BCUT2D eigenvalue weighted by atomic mass is 10.3. The molecule has 2 aromatic heterocycles. The Morgan fingerprint density at radius 1 is 1.58 bits per heavy atom. The molecule has 8 nitrogen and oxygen atoms in total. The van der Waals surface area contributed by atoms with Crippen molar-refractivity contribution in [1.82, 2.24) is 20.0 Å². The van der Waals surface area contributed by atoms with E-state index < -0.39 is 4.92 Å². The van der Waals surface area contributed by atoms with Crippen molar-refractivity contribution in [2.75, 3.05) is 5.32 Å². The number of nitrogens with one attached hydrogen (secondary N) is 2. The quantitative estimate of drug-likeness (QED) is 0.635. The lowest BCUT2D eigenvalue weighted by Gasteiger charge is -2.11. The summed E-state index contributed by atoms with van der Waals surface area (Å²) in [5.41, 5.74) is 1.36. The fourth-order valence-corrected chi connectivity index (χ4v) is 1.86. The third kappa shape index (κ3) is 2.56. The van der Waals surface area contributed by atoms with Crippen LogP contribution in [-0.4, -0.2) is 24.9 Å². The summed E-state index contributed by atoms with van der Waals surface area (Å²) in [7, 11) is 0. The molecule has 0 aromatic carbocycles. The minimum absolute atomic E-state index is 0.0252. The summed E-state index contributed by atoms with van der Waals surface area (Å²) >= 11 is 0. The van der Waals surface area contributed by atoms with Gasteiger partial charge in [0, 0.05) is 24.3 Å². The normalized spacial score (nSPS) is 10.9. The highest BCUT2D eigenvalue weighted by atomic mass is 16.6. The molecular weight excluding hydrogens is 248 g/mol. The van der Waals surface area contributed by atoms with Crippen LogP contribution in [0, 0.1) is 17.0 Å². The monoisotopic (exact) mass is 264 g/mol. The predicted molar refractivity (Wildman–Crippen MR) is 69.9 cm³/mol. The van der Waals surface area contributed by atoms with Crippen molar-refractivity contribution in [3.8, 4) is 0 Å². The standard InChI is InChI=1S/C11H16N6O2/c1-7(2)16-11(10(17(18)19)8(3)15-16)12-4-9-5-13-14-6-9/h5-7,12H,4H2,1-3H3,(H,13,14). The predicted octanol–water partition coefficient (Wildman–Crippen LogP) is 2.02. The number of hydrogen-bond donors (Lipinski definition) is 2. The molecule has 0 atom stereocenters. The molecule has 2 N–H and O–H groups in total. The molecule has 0 spiro atoms. The molecule has 0 aliphatic carbocycles. The Bertz CT molecular complexity index is 572. The Morgan fingerprint density at radius 3 is 2.84 bits per heavy atom. The van der Waals surface area contributed by atoms with E-state index in [2.05, 4.69) is 20.6 Å². The second-order valence-corrected chi connectivity index (χ2v) is 4.54. The van der Waals surface area contributed by atoms with Crippen LogP contribution in [0.1, 0.15) is 31.1 Å². The van der Waals surface area contributed by atoms with Crippen LogP contribution >= 0.6 is 0 Å². The third-order valence-electron chi connectivity index (χ3n) is 2.74. The van der Waals surface area contributed by atoms with Gasteiger partial charge in [0.25, 0.3) is 0 Å². The molecule has 2 rings (SSSR count). The van der Waals surface area contributed by atoms with Crippen LogP contribution in [0.25, 0.3) is 0 Å². The van der Waals surface area contributed by atoms with Gasteiger partial charge in [-0.25, -0.2) is 4.68 Å². The van der Waals surface area contributed by atoms with E-state index >= 15 is 0 Å². The summed E-state index contributed by atoms with van der Waals surface area (Å²) in [5.74, 6) is 0.429. The smallest absolute Gasteiger partial charge is 0.333 e. The van der Waals surface area contributed by atoms with Gasteiger partial charge >= 0.3 is 5.69 Å². The molecule has 102 valence electrons. The summed E-state index contributed by atoms with van der Waals surface area (Å²) in [4.78, 5) is 10.7. The molecule has 0 aliphatic heterocycles. The average molecular weight is 264 g/mol. The number of aromatic nitrogens is 4. The molecule has 0 fully saturated rings. The van der Waals surface area contributed by atoms with E-state index in [1.807, 2.05) is 13.8 Å². The van der Waals surface area contributed by atoms with E-state index in [9.17, 15) is 10.1 Å². The highest BCUT2D eigenvalue weighted by Gasteiger charge is 2.26. The number of aryl methyl sites for hydroxylation is 1. The fraction of sp³-hybridized carbons (Fsp3) is 0.455. The van der Waals surface area contributed by atoms with Gasteiger partial charge in [-0.3, -0.25) is 15.2 Å². The van der Waals surface area contributed by atoms with Crippen molar-refractivity contribution in [3.63, 3.8) is 0 Å². The van der Waals surface area contributed by atoms with Crippen LogP contribution in [0.4, 0.5) is 11.5 Å². The number of H-pyrrole nitrogens is 1. The van der Waals surface area contributed by atoms with Crippen molar-refractivity contribution in [2.24, 2.45) is 0 Å². The Balaban J connectivity index is 2.32. The molecule has 2 aromatic rings. The summed E-state index contributed by atoms with van der Waals surface area (Å²) in [6.45, 7) is 5.95. The van der Waals surface area contributed by atoms with Gasteiger partial charge in [0.05, 0.1) is 11.1 Å². The lowest BCUT2D eigenvalue weighted by molar-refractivity contribution is -0.384. The first-order valence-electron chi connectivity index (χ1n) is 5.95. The van der Waals surface area contributed by atoms with E-state index in [4.69, 9.17) is 0 Å². The van der Waals surface area contributed by atoms with Crippen LogP contribution in [-0.2, 0) is 6.54 Å². The van der Waals surface area contributed by atoms with E-state index in [-0.39, 0.29) is 11.7 Å². The summed E-state index contributed by atoms with van der Waals surface area (Å²) in [5, 5.41) is 25.0. The van der Waals surface area contributed by atoms with E-state index in [1.54, 1.807) is 24.0 Å². The maximum Gasteiger partial charge on any atom is 0.333 e. The number of anilines is 1. The summed E-state index contributed by atoms with van der Waals surface area (Å²) in [6.07, 6.45) is 3.41. The van der Waals surface area contributed by atoms with Crippen molar-refractivity contribution >= 4 is 11.5 Å². The van der Waals surface area contributed by atoms with Gasteiger partial charge in [0.15, 0.2) is 0 Å². The highest BCUT2D eigenvalue weighted by molar-refractivity contribution is 5.59. The van der Waals surface area contributed by atoms with Crippen LogP contribution in [0.3, 0.4) is 0 Å². The summed E-state index contributed by atoms with van der Waals surface area (Å²) < 4.78 is 1.63. The molecule has 0 radical (unpaired) electrons. The zero-order valence-corrected chi connectivity index (χ0v) is 11.0. The maximum absolute atomic E-state index is 11.1. The molecule has 0 amide bonds. The number of rotatable bonds is 5. The van der Waals surface area contributed by atoms with Gasteiger partial charge in [-0.15, -0.1) is 0 Å². The van der Waals surface area contributed by atoms with Gasteiger partial charge in [-0.2, -0.15) is 10.2 Å². The molecule has 0 aliphatic rings. The topological polar surface area (TPSA) is 102 Å².